The van der Waals surface area contributed by atoms with Crippen LogP contribution in [0.5, 0.6) is 0 Å². The number of aromatic nitrogens is 2. The number of anilines is 1. The van der Waals surface area contributed by atoms with Crippen LogP contribution in [-0.2, 0) is 11.2 Å². The molecule has 0 amide bonds. The van der Waals surface area contributed by atoms with Gasteiger partial charge in [0.1, 0.15) is 5.82 Å². The molecule has 0 bridgehead atoms. The molecular formula is C15H15N3O2. The van der Waals surface area contributed by atoms with Gasteiger partial charge in [-0.1, -0.05) is 24.3 Å². The van der Waals surface area contributed by atoms with Gasteiger partial charge in [0.25, 0.3) is 0 Å². The van der Waals surface area contributed by atoms with Crippen LogP contribution in [-0.4, -0.2) is 23.3 Å². The molecule has 1 heterocycles. The molecule has 1 atom stereocenters. The molecule has 1 aliphatic rings. The van der Waals surface area contributed by atoms with Gasteiger partial charge in [-0.3, -0.25) is 0 Å². The van der Waals surface area contributed by atoms with E-state index >= 15 is 0 Å². The van der Waals surface area contributed by atoms with Gasteiger partial charge < -0.3 is 10.1 Å². The quantitative estimate of drug-likeness (QED) is 0.867. The summed E-state index contributed by atoms with van der Waals surface area (Å²) in [6.07, 6.45) is 2.11. The first-order valence-electron chi connectivity index (χ1n) is 6.54. The average molecular weight is 269 g/mol. The summed E-state index contributed by atoms with van der Waals surface area (Å²) < 4.78 is 4.59. The van der Waals surface area contributed by atoms with Gasteiger partial charge in [-0.05, 0) is 36.1 Å². The second kappa shape index (κ2) is 5.28. The Morgan fingerprint density at radius 2 is 2.10 bits per heavy atom. The maximum absolute atomic E-state index is 11.3. The summed E-state index contributed by atoms with van der Waals surface area (Å²) in [6, 6.07) is 12.0. The molecule has 2 aromatic rings. The fourth-order valence-electron chi connectivity index (χ4n) is 2.51. The third-order valence-corrected chi connectivity index (χ3v) is 3.51. The van der Waals surface area contributed by atoms with Crippen LogP contribution >= 0.6 is 0 Å². The number of fused-ring (bicyclic) bond motifs is 1. The SMILES string of the molecule is COC(=O)c1ccc(NC2CCc3ccccc32)nn1. The lowest BCUT2D eigenvalue weighted by Gasteiger charge is -2.14. The zero-order chi connectivity index (χ0) is 13.9. The number of esters is 1. The van der Waals surface area contributed by atoms with E-state index in [2.05, 4.69) is 38.5 Å². The number of hydrogen-bond donors (Lipinski definition) is 1. The maximum atomic E-state index is 11.3. The summed E-state index contributed by atoms with van der Waals surface area (Å²) in [7, 11) is 1.33. The number of aryl methyl sites for hydroxylation is 1. The van der Waals surface area contributed by atoms with Crippen LogP contribution < -0.4 is 5.32 Å². The predicted octanol–water partition coefficient (Wildman–Crippen LogP) is 2.36. The van der Waals surface area contributed by atoms with Gasteiger partial charge in [0, 0.05) is 0 Å². The van der Waals surface area contributed by atoms with Crippen molar-refractivity contribution in [2.75, 3.05) is 12.4 Å². The third-order valence-electron chi connectivity index (χ3n) is 3.51. The van der Waals surface area contributed by atoms with Gasteiger partial charge in [0.15, 0.2) is 5.69 Å². The molecule has 1 aromatic heterocycles. The van der Waals surface area contributed by atoms with Crippen molar-refractivity contribution in [3.8, 4) is 0 Å². The number of nitrogens with one attached hydrogen (secondary N) is 1. The molecule has 1 unspecified atom stereocenters. The Labute approximate surface area is 117 Å². The minimum atomic E-state index is -0.477. The first-order chi connectivity index (χ1) is 9.78. The second-order valence-electron chi connectivity index (χ2n) is 4.73. The van der Waals surface area contributed by atoms with E-state index in [-0.39, 0.29) is 11.7 Å². The highest BCUT2D eigenvalue weighted by Crippen LogP contribution is 2.32. The molecule has 1 N–H and O–H groups in total. The normalized spacial score (nSPS) is 16.6. The summed E-state index contributed by atoms with van der Waals surface area (Å²) in [6.45, 7) is 0. The van der Waals surface area contributed by atoms with Crippen LogP contribution in [0, 0.1) is 0 Å². The minimum absolute atomic E-state index is 0.213. The summed E-state index contributed by atoms with van der Waals surface area (Å²) in [5.74, 6) is 0.189. The summed E-state index contributed by atoms with van der Waals surface area (Å²) in [4.78, 5) is 11.3. The highest BCUT2D eigenvalue weighted by molar-refractivity contribution is 5.86. The summed E-state index contributed by atoms with van der Waals surface area (Å²) in [5, 5.41) is 11.2. The van der Waals surface area contributed by atoms with Gasteiger partial charge in [0.05, 0.1) is 13.2 Å². The Hall–Kier alpha value is -2.43. The van der Waals surface area contributed by atoms with E-state index in [9.17, 15) is 4.79 Å². The van der Waals surface area contributed by atoms with Crippen LogP contribution in [0.1, 0.15) is 34.1 Å². The van der Waals surface area contributed by atoms with Crippen molar-refractivity contribution in [3.05, 3.63) is 53.2 Å². The zero-order valence-corrected chi connectivity index (χ0v) is 11.2. The van der Waals surface area contributed by atoms with Crippen LogP contribution in [0.2, 0.25) is 0 Å². The van der Waals surface area contributed by atoms with Crippen LogP contribution in [0.3, 0.4) is 0 Å². The van der Waals surface area contributed by atoms with E-state index in [0.29, 0.717) is 5.82 Å². The van der Waals surface area contributed by atoms with Crippen LogP contribution in [0.15, 0.2) is 36.4 Å². The van der Waals surface area contributed by atoms with Crippen molar-refractivity contribution in [2.24, 2.45) is 0 Å². The van der Waals surface area contributed by atoms with Crippen molar-refractivity contribution < 1.29 is 9.53 Å². The molecular weight excluding hydrogens is 254 g/mol. The molecule has 0 saturated carbocycles. The number of rotatable bonds is 3. The molecule has 102 valence electrons. The minimum Gasteiger partial charge on any atom is -0.464 e. The maximum Gasteiger partial charge on any atom is 0.358 e. The Balaban J connectivity index is 1.75. The molecule has 0 spiro atoms. The standard InChI is InChI=1S/C15H15N3O2/c1-20-15(19)13-8-9-14(18-17-13)16-12-7-6-10-4-2-3-5-11(10)12/h2-5,8-9,12H,6-7H2,1H3,(H,16,18). The van der Waals surface area contributed by atoms with Gasteiger partial charge in [-0.15, -0.1) is 10.2 Å². The van der Waals surface area contributed by atoms with Gasteiger partial charge in [0.2, 0.25) is 0 Å². The van der Waals surface area contributed by atoms with Crippen LogP contribution in [0.4, 0.5) is 5.82 Å². The largest absolute Gasteiger partial charge is 0.464 e. The average Bonchev–Trinajstić information content (AvgIpc) is 2.91. The Bertz CT molecular complexity index is 625. The van der Waals surface area contributed by atoms with E-state index in [1.807, 2.05) is 6.07 Å². The zero-order valence-electron chi connectivity index (χ0n) is 11.2. The predicted molar refractivity (Wildman–Crippen MR) is 74.5 cm³/mol. The Morgan fingerprint density at radius 1 is 1.25 bits per heavy atom. The van der Waals surface area contributed by atoms with Crippen molar-refractivity contribution in [1.82, 2.24) is 10.2 Å². The lowest BCUT2D eigenvalue weighted by atomic mass is 10.1. The Morgan fingerprint density at radius 3 is 2.85 bits per heavy atom. The van der Waals surface area contributed by atoms with Crippen molar-refractivity contribution >= 4 is 11.8 Å². The number of carbonyl (C=O) groups is 1. The fourth-order valence-corrected chi connectivity index (χ4v) is 2.51. The van der Waals surface area contributed by atoms with Crippen molar-refractivity contribution in [3.63, 3.8) is 0 Å². The van der Waals surface area contributed by atoms with Gasteiger partial charge in [-0.25, -0.2) is 4.79 Å². The topological polar surface area (TPSA) is 64.1 Å². The van der Waals surface area contributed by atoms with E-state index in [4.69, 9.17) is 0 Å². The van der Waals surface area contributed by atoms with E-state index in [0.717, 1.165) is 12.8 Å². The number of benzene rings is 1. The molecule has 3 rings (SSSR count). The first kappa shape index (κ1) is 12.6. The molecule has 0 aliphatic heterocycles. The smallest absolute Gasteiger partial charge is 0.358 e. The van der Waals surface area contributed by atoms with E-state index < -0.39 is 5.97 Å². The molecule has 1 aromatic carbocycles. The number of nitrogens with zero attached hydrogens (tertiary/aromatic N) is 2. The van der Waals surface area contributed by atoms with Crippen molar-refractivity contribution in [1.29, 1.82) is 0 Å². The molecule has 5 nitrogen and oxygen atoms in total. The third kappa shape index (κ3) is 2.34. The number of methoxy groups -OCH3 is 1. The van der Waals surface area contributed by atoms with E-state index in [1.165, 1.54) is 18.2 Å². The summed E-state index contributed by atoms with van der Waals surface area (Å²) >= 11 is 0. The highest BCUT2D eigenvalue weighted by atomic mass is 16.5. The first-order valence-corrected chi connectivity index (χ1v) is 6.54. The monoisotopic (exact) mass is 269 g/mol. The summed E-state index contributed by atoms with van der Waals surface area (Å²) in [5.41, 5.74) is 2.90. The van der Waals surface area contributed by atoms with Gasteiger partial charge >= 0.3 is 5.97 Å². The molecule has 5 heteroatoms. The van der Waals surface area contributed by atoms with Crippen molar-refractivity contribution in [2.45, 2.75) is 18.9 Å². The molecule has 0 radical (unpaired) electrons. The lowest BCUT2D eigenvalue weighted by molar-refractivity contribution is 0.0593. The second-order valence-corrected chi connectivity index (χ2v) is 4.73. The number of carbonyl (C=O) groups excluding carboxylic acids is 1. The Kier molecular flexibility index (Phi) is 3.33. The highest BCUT2D eigenvalue weighted by Gasteiger charge is 2.22. The van der Waals surface area contributed by atoms with E-state index in [1.54, 1.807) is 12.1 Å². The van der Waals surface area contributed by atoms with Crippen LogP contribution in [0.25, 0.3) is 0 Å². The number of ether oxygens (including phenoxy) is 1. The molecule has 20 heavy (non-hydrogen) atoms. The molecule has 0 fully saturated rings. The fraction of sp³-hybridized carbons (Fsp3) is 0.267. The molecule has 1 aliphatic carbocycles. The van der Waals surface area contributed by atoms with Gasteiger partial charge in [-0.2, -0.15) is 0 Å². The lowest BCUT2D eigenvalue weighted by Crippen LogP contribution is -2.11. The number of hydrogen-bond acceptors (Lipinski definition) is 5. The molecule has 0 saturated heterocycles.